The Morgan fingerprint density at radius 3 is 2.81 bits per heavy atom. The van der Waals surface area contributed by atoms with Crippen LogP contribution < -0.4 is 5.73 Å². The first-order chi connectivity index (χ1) is 7.54. The summed E-state index contributed by atoms with van der Waals surface area (Å²) in [4.78, 5) is 0.884. The second-order valence-electron chi connectivity index (χ2n) is 3.88. The summed E-state index contributed by atoms with van der Waals surface area (Å²) in [5.74, 6) is 1.14. The maximum atomic E-state index is 13.0. The van der Waals surface area contributed by atoms with Crippen LogP contribution in [0.4, 0.5) is 4.39 Å². The number of hydrogen-bond acceptors (Lipinski definition) is 2. The minimum atomic E-state index is -0.349. The predicted molar refractivity (Wildman–Crippen MR) is 67.6 cm³/mol. The molecule has 1 aromatic carbocycles. The van der Waals surface area contributed by atoms with Gasteiger partial charge >= 0.3 is 0 Å². The average molecular weight is 240 g/mol. The van der Waals surface area contributed by atoms with Gasteiger partial charge < -0.3 is 5.73 Å². The Morgan fingerprint density at radius 2 is 2.25 bits per heavy atom. The van der Waals surface area contributed by atoms with E-state index in [-0.39, 0.29) is 11.7 Å². The topological polar surface area (TPSA) is 49.9 Å². The van der Waals surface area contributed by atoms with Crippen molar-refractivity contribution in [3.05, 3.63) is 29.6 Å². The first kappa shape index (κ1) is 13.0. The van der Waals surface area contributed by atoms with Crippen LogP contribution in [0, 0.1) is 17.1 Å². The van der Waals surface area contributed by atoms with E-state index >= 15 is 0 Å². The maximum Gasteiger partial charge on any atom is 0.124 e. The van der Waals surface area contributed by atoms with Crippen molar-refractivity contribution in [1.82, 2.24) is 0 Å². The lowest BCUT2D eigenvalue weighted by Gasteiger charge is -2.11. The zero-order chi connectivity index (χ0) is 12.1. The van der Waals surface area contributed by atoms with Gasteiger partial charge in [0.1, 0.15) is 11.7 Å². The molecule has 3 N–H and O–H groups in total. The summed E-state index contributed by atoms with van der Waals surface area (Å²) in [5.41, 5.74) is 5.92. The third kappa shape index (κ3) is 3.52. The van der Waals surface area contributed by atoms with Crippen LogP contribution in [0.2, 0.25) is 0 Å². The largest absolute Gasteiger partial charge is 0.384 e. The highest BCUT2D eigenvalue weighted by Gasteiger charge is 2.09. The van der Waals surface area contributed by atoms with Crippen molar-refractivity contribution < 1.29 is 4.39 Å². The molecule has 0 amide bonds. The fraction of sp³-hybridized carbons (Fsp3) is 0.417. The Kier molecular flexibility index (Phi) is 4.80. The first-order valence-corrected chi connectivity index (χ1v) is 6.30. The van der Waals surface area contributed by atoms with Gasteiger partial charge in [0.05, 0.1) is 0 Å². The summed E-state index contributed by atoms with van der Waals surface area (Å²) in [6.07, 6.45) is 1.11. The minimum absolute atomic E-state index is 0.0776. The number of thioether (sulfide) groups is 1. The Morgan fingerprint density at radius 1 is 1.56 bits per heavy atom. The molecule has 0 heterocycles. The number of amidine groups is 1. The summed E-state index contributed by atoms with van der Waals surface area (Å²) < 4.78 is 13.0. The lowest BCUT2D eigenvalue weighted by molar-refractivity contribution is 0.625. The van der Waals surface area contributed by atoms with Gasteiger partial charge in [0.15, 0.2) is 0 Å². The minimum Gasteiger partial charge on any atom is -0.384 e. The molecular weight excluding hydrogens is 223 g/mol. The van der Waals surface area contributed by atoms with Crippen LogP contribution in [0.3, 0.4) is 0 Å². The van der Waals surface area contributed by atoms with Gasteiger partial charge in [-0.25, -0.2) is 4.39 Å². The number of rotatable bonds is 5. The van der Waals surface area contributed by atoms with Crippen LogP contribution in [0.25, 0.3) is 0 Å². The molecule has 0 bridgehead atoms. The Bertz CT molecular complexity index is 379. The quantitative estimate of drug-likeness (QED) is 0.471. The number of halogens is 1. The summed E-state index contributed by atoms with van der Waals surface area (Å²) in [5, 5.41) is 7.40. The van der Waals surface area contributed by atoms with Gasteiger partial charge in [-0.1, -0.05) is 20.3 Å². The molecule has 0 fully saturated rings. The summed E-state index contributed by atoms with van der Waals surface area (Å²) in [6.45, 7) is 4.31. The number of nitrogens with one attached hydrogen (secondary N) is 1. The Balaban J connectivity index is 2.82. The molecule has 1 aromatic rings. The highest BCUT2D eigenvalue weighted by Crippen LogP contribution is 2.26. The number of benzene rings is 1. The van der Waals surface area contributed by atoms with Gasteiger partial charge in [-0.05, 0) is 24.1 Å². The zero-order valence-electron chi connectivity index (χ0n) is 9.59. The van der Waals surface area contributed by atoms with E-state index in [9.17, 15) is 4.39 Å². The van der Waals surface area contributed by atoms with Crippen LogP contribution in [0.5, 0.6) is 0 Å². The van der Waals surface area contributed by atoms with E-state index in [4.69, 9.17) is 11.1 Å². The molecule has 0 aliphatic rings. The van der Waals surface area contributed by atoms with Crippen molar-refractivity contribution >= 4 is 17.6 Å². The van der Waals surface area contributed by atoms with Gasteiger partial charge in [-0.15, -0.1) is 11.8 Å². The molecule has 1 atom stereocenters. The van der Waals surface area contributed by atoms with E-state index in [1.54, 1.807) is 17.8 Å². The van der Waals surface area contributed by atoms with E-state index < -0.39 is 0 Å². The summed E-state index contributed by atoms with van der Waals surface area (Å²) in [6, 6.07) is 4.42. The van der Waals surface area contributed by atoms with Crippen molar-refractivity contribution in [3.8, 4) is 0 Å². The Hall–Kier alpha value is -1.03. The van der Waals surface area contributed by atoms with Gasteiger partial charge in [0, 0.05) is 16.2 Å². The molecule has 2 nitrogen and oxygen atoms in total. The highest BCUT2D eigenvalue weighted by molar-refractivity contribution is 7.99. The molecule has 0 spiro atoms. The molecule has 0 saturated heterocycles. The third-order valence-corrected chi connectivity index (χ3v) is 3.85. The van der Waals surface area contributed by atoms with E-state index in [0.29, 0.717) is 11.5 Å². The summed E-state index contributed by atoms with van der Waals surface area (Å²) >= 11 is 1.63. The number of hydrogen-bond donors (Lipinski definition) is 2. The summed E-state index contributed by atoms with van der Waals surface area (Å²) in [7, 11) is 0. The van der Waals surface area contributed by atoms with Crippen LogP contribution in [-0.4, -0.2) is 11.6 Å². The molecule has 4 heteroatoms. The van der Waals surface area contributed by atoms with Crippen molar-refractivity contribution in [2.45, 2.75) is 25.2 Å². The molecular formula is C12H17FN2S. The fourth-order valence-corrected chi connectivity index (χ4v) is 2.38. The van der Waals surface area contributed by atoms with Gasteiger partial charge in [-0.2, -0.15) is 0 Å². The second-order valence-corrected chi connectivity index (χ2v) is 4.94. The monoisotopic (exact) mass is 240 g/mol. The van der Waals surface area contributed by atoms with Gasteiger partial charge in [0.25, 0.3) is 0 Å². The molecule has 0 aromatic heterocycles. The van der Waals surface area contributed by atoms with E-state index in [1.807, 2.05) is 0 Å². The third-order valence-electron chi connectivity index (χ3n) is 2.45. The molecule has 0 radical (unpaired) electrons. The number of nitrogen functional groups attached to an aromatic ring is 1. The SMILES string of the molecule is CCC(C)CSc1ccc(F)cc1C(=N)N. The Labute approximate surface area is 99.9 Å². The molecule has 0 saturated carbocycles. The van der Waals surface area contributed by atoms with E-state index in [1.165, 1.54) is 12.1 Å². The van der Waals surface area contributed by atoms with Crippen LogP contribution in [-0.2, 0) is 0 Å². The maximum absolute atomic E-state index is 13.0. The normalized spacial score (nSPS) is 12.4. The molecule has 16 heavy (non-hydrogen) atoms. The highest BCUT2D eigenvalue weighted by atomic mass is 32.2. The predicted octanol–water partition coefficient (Wildman–Crippen LogP) is 3.25. The molecule has 88 valence electrons. The van der Waals surface area contributed by atoms with Crippen LogP contribution >= 0.6 is 11.8 Å². The molecule has 1 rings (SSSR count). The molecule has 0 aliphatic heterocycles. The van der Waals surface area contributed by atoms with Crippen molar-refractivity contribution in [3.63, 3.8) is 0 Å². The van der Waals surface area contributed by atoms with Crippen molar-refractivity contribution in [1.29, 1.82) is 5.41 Å². The lowest BCUT2D eigenvalue weighted by atomic mass is 10.2. The molecule has 1 unspecified atom stereocenters. The zero-order valence-corrected chi connectivity index (χ0v) is 10.4. The standard InChI is InChI=1S/C12H17FN2S/c1-3-8(2)7-16-11-5-4-9(13)6-10(11)12(14)15/h4-6,8H,3,7H2,1-2H3,(H3,14,15). The molecule has 0 aliphatic carbocycles. The van der Waals surface area contributed by atoms with Crippen molar-refractivity contribution in [2.75, 3.05) is 5.75 Å². The fourth-order valence-electron chi connectivity index (χ4n) is 1.19. The lowest BCUT2D eigenvalue weighted by Crippen LogP contribution is -2.13. The second kappa shape index (κ2) is 5.89. The first-order valence-electron chi connectivity index (χ1n) is 5.31. The smallest absolute Gasteiger partial charge is 0.124 e. The average Bonchev–Trinajstić information content (AvgIpc) is 2.26. The number of nitrogens with two attached hydrogens (primary N) is 1. The van der Waals surface area contributed by atoms with E-state index in [0.717, 1.165) is 17.1 Å². The van der Waals surface area contributed by atoms with Gasteiger partial charge in [0.2, 0.25) is 0 Å². The van der Waals surface area contributed by atoms with Crippen LogP contribution in [0.15, 0.2) is 23.1 Å². The van der Waals surface area contributed by atoms with E-state index in [2.05, 4.69) is 13.8 Å². The van der Waals surface area contributed by atoms with Crippen molar-refractivity contribution in [2.24, 2.45) is 11.7 Å². The van der Waals surface area contributed by atoms with Gasteiger partial charge in [-0.3, -0.25) is 5.41 Å². The van der Waals surface area contributed by atoms with Crippen LogP contribution in [0.1, 0.15) is 25.8 Å².